The highest BCUT2D eigenvalue weighted by atomic mass is 35.5. The van der Waals surface area contributed by atoms with Crippen molar-refractivity contribution in [2.24, 2.45) is 0 Å². The number of aryl methyl sites for hydroxylation is 1. The Morgan fingerprint density at radius 3 is 2.67 bits per heavy atom. The van der Waals surface area contributed by atoms with Gasteiger partial charge in [0.05, 0.1) is 0 Å². The van der Waals surface area contributed by atoms with E-state index >= 15 is 0 Å². The van der Waals surface area contributed by atoms with Gasteiger partial charge in [0.2, 0.25) is 5.12 Å². The van der Waals surface area contributed by atoms with Gasteiger partial charge in [0.1, 0.15) is 5.03 Å². The number of carbonyl (C=O) groups excluding carboxylic acids is 1. The molecule has 6 heteroatoms. The van der Waals surface area contributed by atoms with Crippen LogP contribution in [0.25, 0.3) is 0 Å². The lowest BCUT2D eigenvalue weighted by Crippen LogP contribution is -1.95. The van der Waals surface area contributed by atoms with Gasteiger partial charge in [-0.15, -0.1) is 0 Å². The van der Waals surface area contributed by atoms with Crippen LogP contribution in [0.15, 0.2) is 35.4 Å². The van der Waals surface area contributed by atoms with Crippen LogP contribution in [0, 0.1) is 11.7 Å². The maximum absolute atomic E-state index is 12.0. The van der Waals surface area contributed by atoms with Crippen LogP contribution in [0.4, 0.5) is 0 Å². The molecule has 0 atom stereocenters. The van der Waals surface area contributed by atoms with Crippen molar-refractivity contribution in [1.82, 2.24) is 9.97 Å². The maximum atomic E-state index is 12.0. The largest absolute Gasteiger partial charge is 0.335 e. The molecule has 0 amide bonds. The Labute approximate surface area is 119 Å². The zero-order chi connectivity index (χ0) is 13.1. The van der Waals surface area contributed by atoms with Crippen molar-refractivity contribution in [3.8, 4) is 0 Å². The van der Waals surface area contributed by atoms with Gasteiger partial charge in [-0.3, -0.25) is 4.79 Å². The second kappa shape index (κ2) is 5.65. The van der Waals surface area contributed by atoms with Crippen molar-refractivity contribution < 1.29 is 4.79 Å². The normalized spacial score (nSPS) is 10.3. The van der Waals surface area contributed by atoms with E-state index < -0.39 is 0 Å². The van der Waals surface area contributed by atoms with Gasteiger partial charge in [0.25, 0.3) is 0 Å². The monoisotopic (exact) mass is 296 g/mol. The van der Waals surface area contributed by atoms with Crippen LogP contribution in [-0.2, 0) is 0 Å². The number of hydrogen-bond acceptors (Lipinski definition) is 4. The van der Waals surface area contributed by atoms with Gasteiger partial charge in [-0.2, -0.15) is 0 Å². The van der Waals surface area contributed by atoms with Crippen molar-refractivity contribution in [2.75, 3.05) is 0 Å². The second-order valence-electron chi connectivity index (χ2n) is 3.60. The van der Waals surface area contributed by atoms with Crippen LogP contribution in [0.5, 0.6) is 0 Å². The van der Waals surface area contributed by atoms with E-state index in [9.17, 15) is 4.79 Å². The average molecular weight is 297 g/mol. The summed E-state index contributed by atoms with van der Waals surface area (Å²) >= 11 is 11.8. The summed E-state index contributed by atoms with van der Waals surface area (Å²) < 4.78 is 0.376. The summed E-state index contributed by atoms with van der Waals surface area (Å²) in [4.78, 5) is 19.0. The first-order chi connectivity index (χ1) is 8.54. The zero-order valence-electron chi connectivity index (χ0n) is 9.44. The Morgan fingerprint density at radius 2 is 2.06 bits per heavy atom. The molecule has 0 aliphatic rings. The first-order valence-corrected chi connectivity index (χ1v) is 6.70. The number of aromatic nitrogens is 2. The first-order valence-electron chi connectivity index (χ1n) is 5.10. The topological polar surface area (TPSA) is 45.8 Å². The van der Waals surface area contributed by atoms with E-state index in [1.165, 1.54) is 0 Å². The highest BCUT2D eigenvalue weighted by Crippen LogP contribution is 2.22. The molecule has 0 spiro atoms. The fraction of sp³-hybridized carbons (Fsp3) is 0.0833. The van der Waals surface area contributed by atoms with Crippen molar-refractivity contribution in [3.63, 3.8) is 0 Å². The zero-order valence-corrected chi connectivity index (χ0v) is 11.8. The number of thioether (sulfide) groups is 1. The molecule has 0 saturated carbocycles. The number of hydrogen-bond donors (Lipinski definition) is 1. The first kappa shape index (κ1) is 13.3. The van der Waals surface area contributed by atoms with Crippen molar-refractivity contribution in [1.29, 1.82) is 0 Å². The van der Waals surface area contributed by atoms with E-state index in [2.05, 4.69) is 9.97 Å². The molecule has 0 unspecified atom stereocenters. The van der Waals surface area contributed by atoms with E-state index in [1.807, 2.05) is 6.92 Å². The van der Waals surface area contributed by atoms with Crippen LogP contribution in [0.3, 0.4) is 0 Å². The number of rotatable bonds is 2. The van der Waals surface area contributed by atoms with Gasteiger partial charge < -0.3 is 4.98 Å². The van der Waals surface area contributed by atoms with E-state index in [0.29, 0.717) is 20.4 Å². The van der Waals surface area contributed by atoms with E-state index in [0.717, 1.165) is 17.5 Å². The number of H-pyrrole nitrogens is 1. The summed E-state index contributed by atoms with van der Waals surface area (Å²) in [7, 11) is 0. The van der Waals surface area contributed by atoms with Crippen molar-refractivity contribution in [2.45, 2.75) is 11.9 Å². The molecule has 0 aliphatic heterocycles. The van der Waals surface area contributed by atoms with Crippen LogP contribution in [-0.4, -0.2) is 15.1 Å². The average Bonchev–Trinajstić information content (AvgIpc) is 2.28. The van der Waals surface area contributed by atoms with Crippen LogP contribution in [0.1, 0.15) is 16.1 Å². The standard InChI is InChI=1S/C12H9ClN2OS2/c1-7-6-10(15-12(17)14-7)18-11(16)8-2-4-9(13)5-3-8/h2-6H,1H3,(H,14,15,17). The number of halogens is 1. The van der Waals surface area contributed by atoms with Crippen molar-refractivity contribution >= 4 is 40.7 Å². The highest BCUT2D eigenvalue weighted by molar-refractivity contribution is 8.14. The molecule has 1 N–H and O–H groups in total. The molecule has 0 bridgehead atoms. The van der Waals surface area contributed by atoms with Gasteiger partial charge in [-0.1, -0.05) is 11.6 Å². The quantitative estimate of drug-likeness (QED) is 0.516. The molecule has 18 heavy (non-hydrogen) atoms. The third kappa shape index (κ3) is 3.41. The van der Waals surface area contributed by atoms with Gasteiger partial charge >= 0.3 is 0 Å². The molecule has 1 aromatic heterocycles. The lowest BCUT2D eigenvalue weighted by molar-refractivity contribution is 0.108. The molecule has 1 aromatic carbocycles. The minimum absolute atomic E-state index is 0.0841. The van der Waals surface area contributed by atoms with Crippen LogP contribution < -0.4 is 0 Å². The molecule has 0 radical (unpaired) electrons. The van der Waals surface area contributed by atoms with E-state index in [1.54, 1.807) is 30.3 Å². The summed E-state index contributed by atoms with van der Waals surface area (Å²) in [5.74, 6) is 0. The maximum Gasteiger partial charge on any atom is 0.225 e. The predicted molar refractivity (Wildman–Crippen MR) is 75.8 cm³/mol. The fourth-order valence-electron chi connectivity index (χ4n) is 1.34. The highest BCUT2D eigenvalue weighted by Gasteiger charge is 2.09. The number of benzene rings is 1. The lowest BCUT2D eigenvalue weighted by Gasteiger charge is -2.01. The molecule has 0 aliphatic carbocycles. The Kier molecular flexibility index (Phi) is 4.16. The SMILES string of the molecule is Cc1cc(SC(=O)c2ccc(Cl)cc2)nc(=S)[nH]1. The van der Waals surface area contributed by atoms with E-state index in [-0.39, 0.29) is 5.12 Å². The van der Waals surface area contributed by atoms with Gasteiger partial charge in [-0.05, 0) is 61.2 Å². The number of nitrogens with zero attached hydrogens (tertiary/aromatic N) is 1. The summed E-state index contributed by atoms with van der Waals surface area (Å²) in [6.45, 7) is 1.87. The Balaban J connectivity index is 2.21. The van der Waals surface area contributed by atoms with Gasteiger partial charge in [0, 0.05) is 16.3 Å². The van der Waals surface area contributed by atoms with Crippen LogP contribution >= 0.6 is 35.6 Å². The smallest absolute Gasteiger partial charge is 0.225 e. The van der Waals surface area contributed by atoms with Crippen molar-refractivity contribution in [3.05, 3.63) is 51.4 Å². The fourth-order valence-corrected chi connectivity index (χ4v) is 2.60. The van der Waals surface area contributed by atoms with Gasteiger partial charge in [0.15, 0.2) is 4.77 Å². The third-order valence-electron chi connectivity index (χ3n) is 2.13. The summed E-state index contributed by atoms with van der Waals surface area (Å²) in [5, 5.41) is 1.11. The van der Waals surface area contributed by atoms with Gasteiger partial charge in [-0.25, -0.2) is 4.98 Å². The number of carbonyl (C=O) groups is 1. The molecular formula is C12H9ClN2OS2. The number of nitrogens with one attached hydrogen (secondary N) is 1. The molecule has 3 nitrogen and oxygen atoms in total. The molecular weight excluding hydrogens is 288 g/mol. The minimum atomic E-state index is -0.0841. The molecule has 2 rings (SSSR count). The van der Waals surface area contributed by atoms with Crippen LogP contribution in [0.2, 0.25) is 5.02 Å². The molecule has 0 saturated heterocycles. The summed E-state index contributed by atoms with van der Waals surface area (Å²) in [6, 6.07) is 8.54. The molecule has 2 aromatic rings. The molecule has 0 fully saturated rings. The Bertz CT molecular complexity index is 637. The Hall–Kier alpha value is -1.17. The predicted octanol–water partition coefficient (Wildman–Crippen LogP) is 4.03. The summed E-state index contributed by atoms with van der Waals surface area (Å²) in [5.41, 5.74) is 1.46. The molecule has 1 heterocycles. The Morgan fingerprint density at radius 1 is 1.39 bits per heavy atom. The van der Waals surface area contributed by atoms with E-state index in [4.69, 9.17) is 23.8 Å². The molecule has 92 valence electrons. The minimum Gasteiger partial charge on any atom is -0.335 e. The summed E-state index contributed by atoms with van der Waals surface area (Å²) in [6.07, 6.45) is 0. The third-order valence-corrected chi connectivity index (χ3v) is 3.42. The second-order valence-corrected chi connectivity index (χ2v) is 5.42. The lowest BCUT2D eigenvalue weighted by atomic mass is 10.2. The number of aromatic amines is 1.